The van der Waals surface area contributed by atoms with Crippen LogP contribution in [0, 0.1) is 0 Å². The van der Waals surface area contributed by atoms with Crippen molar-refractivity contribution in [2.24, 2.45) is 0 Å². The van der Waals surface area contributed by atoms with E-state index in [0.717, 1.165) is 17.7 Å². The summed E-state index contributed by atoms with van der Waals surface area (Å²) in [6.45, 7) is 3.84. The van der Waals surface area contributed by atoms with Crippen LogP contribution >= 0.6 is 0 Å². The summed E-state index contributed by atoms with van der Waals surface area (Å²) >= 11 is 0. The zero-order chi connectivity index (χ0) is 13.5. The van der Waals surface area contributed by atoms with Gasteiger partial charge in [-0.05, 0) is 31.2 Å². The summed E-state index contributed by atoms with van der Waals surface area (Å²) in [5.41, 5.74) is 1.61. The van der Waals surface area contributed by atoms with Crippen molar-refractivity contribution in [2.45, 2.75) is 38.8 Å². The van der Waals surface area contributed by atoms with E-state index in [1.165, 1.54) is 0 Å². The van der Waals surface area contributed by atoms with Crippen LogP contribution in [0.3, 0.4) is 0 Å². The molecule has 0 aliphatic heterocycles. The van der Waals surface area contributed by atoms with Gasteiger partial charge in [0, 0.05) is 18.2 Å². The van der Waals surface area contributed by atoms with Crippen LogP contribution in [0.1, 0.15) is 38.4 Å². The minimum atomic E-state index is -0.532. The Bertz CT molecular complexity index is 372. The largest absolute Gasteiger partial charge is 0.387 e. The molecule has 100 valence electrons. The zero-order valence-corrected chi connectivity index (χ0v) is 11.2. The molecule has 0 radical (unpaired) electrons. The van der Waals surface area contributed by atoms with E-state index in [9.17, 15) is 9.90 Å². The van der Waals surface area contributed by atoms with Gasteiger partial charge in [0.05, 0.1) is 6.10 Å². The normalized spacial score (nSPS) is 14.0. The highest BCUT2D eigenvalue weighted by Crippen LogP contribution is 2.20. The fraction of sp³-hybridized carbons (Fsp3) is 0.500. The van der Waals surface area contributed by atoms with Crippen LogP contribution < -0.4 is 10.6 Å². The Hall–Kier alpha value is -1.39. The van der Waals surface area contributed by atoms with Gasteiger partial charge in [-0.15, -0.1) is 0 Å². The van der Waals surface area contributed by atoms with E-state index in [2.05, 4.69) is 10.6 Å². The molecular weight excluding hydrogens is 228 g/mol. The number of hydrogen-bond donors (Lipinski definition) is 3. The number of nitrogens with one attached hydrogen (secondary N) is 2. The second-order valence-corrected chi connectivity index (χ2v) is 4.27. The molecule has 0 bridgehead atoms. The summed E-state index contributed by atoms with van der Waals surface area (Å²) in [5.74, 6) is -0.00930. The Balaban J connectivity index is 2.72. The monoisotopic (exact) mass is 250 g/mol. The number of anilines is 1. The number of amides is 1. The van der Waals surface area contributed by atoms with Crippen molar-refractivity contribution in [3.05, 3.63) is 29.8 Å². The summed E-state index contributed by atoms with van der Waals surface area (Å²) in [4.78, 5) is 11.2. The van der Waals surface area contributed by atoms with E-state index in [1.54, 1.807) is 0 Å². The van der Waals surface area contributed by atoms with Crippen molar-refractivity contribution >= 4 is 11.6 Å². The number of likely N-dealkylation sites (N-methyl/N-ethyl adjacent to an activating group) is 1. The smallest absolute Gasteiger partial charge is 0.224 e. The van der Waals surface area contributed by atoms with E-state index < -0.39 is 6.10 Å². The zero-order valence-electron chi connectivity index (χ0n) is 11.2. The van der Waals surface area contributed by atoms with Gasteiger partial charge in [-0.3, -0.25) is 4.79 Å². The molecule has 2 atom stereocenters. The molecule has 0 saturated carbocycles. The van der Waals surface area contributed by atoms with Crippen molar-refractivity contribution in [3.8, 4) is 0 Å². The van der Waals surface area contributed by atoms with Crippen LogP contribution in [0.5, 0.6) is 0 Å². The third kappa shape index (κ3) is 3.82. The van der Waals surface area contributed by atoms with E-state index in [-0.39, 0.29) is 11.9 Å². The molecule has 0 fully saturated rings. The van der Waals surface area contributed by atoms with Gasteiger partial charge in [0.15, 0.2) is 0 Å². The van der Waals surface area contributed by atoms with Crippen molar-refractivity contribution < 1.29 is 9.90 Å². The van der Waals surface area contributed by atoms with Crippen molar-refractivity contribution in [2.75, 3.05) is 12.4 Å². The fourth-order valence-corrected chi connectivity index (χ4v) is 1.83. The van der Waals surface area contributed by atoms with Gasteiger partial charge < -0.3 is 15.7 Å². The Kier molecular flexibility index (Phi) is 5.82. The van der Waals surface area contributed by atoms with Gasteiger partial charge >= 0.3 is 0 Å². The van der Waals surface area contributed by atoms with E-state index in [4.69, 9.17) is 0 Å². The SMILES string of the molecule is CCC(=O)Nc1ccc(C(O)C(CC)NC)cc1. The highest BCUT2D eigenvalue weighted by atomic mass is 16.3. The highest BCUT2D eigenvalue weighted by molar-refractivity contribution is 5.90. The van der Waals surface area contributed by atoms with Gasteiger partial charge in [0.1, 0.15) is 0 Å². The minimum absolute atomic E-state index is 0.00930. The lowest BCUT2D eigenvalue weighted by Gasteiger charge is -2.21. The maximum Gasteiger partial charge on any atom is 0.224 e. The number of aliphatic hydroxyl groups is 1. The quantitative estimate of drug-likeness (QED) is 0.724. The van der Waals surface area contributed by atoms with Gasteiger partial charge in [0.2, 0.25) is 5.91 Å². The number of hydrogen-bond acceptors (Lipinski definition) is 3. The number of rotatable bonds is 6. The predicted molar refractivity (Wildman–Crippen MR) is 73.5 cm³/mol. The van der Waals surface area contributed by atoms with Crippen molar-refractivity contribution in [1.82, 2.24) is 5.32 Å². The highest BCUT2D eigenvalue weighted by Gasteiger charge is 2.17. The van der Waals surface area contributed by atoms with Crippen LogP contribution in [0.15, 0.2) is 24.3 Å². The number of benzene rings is 1. The van der Waals surface area contributed by atoms with Crippen LogP contribution in [0.4, 0.5) is 5.69 Å². The fourth-order valence-electron chi connectivity index (χ4n) is 1.83. The number of carbonyl (C=O) groups is 1. The second kappa shape index (κ2) is 7.13. The third-order valence-electron chi connectivity index (χ3n) is 3.05. The Morgan fingerprint density at radius 1 is 1.28 bits per heavy atom. The second-order valence-electron chi connectivity index (χ2n) is 4.27. The first-order valence-corrected chi connectivity index (χ1v) is 6.37. The summed E-state index contributed by atoms with van der Waals surface area (Å²) in [6, 6.07) is 7.36. The Morgan fingerprint density at radius 2 is 1.89 bits per heavy atom. The summed E-state index contributed by atoms with van der Waals surface area (Å²) in [5, 5.41) is 16.0. The molecule has 3 N–H and O–H groups in total. The Morgan fingerprint density at radius 3 is 2.33 bits per heavy atom. The average Bonchev–Trinajstić information content (AvgIpc) is 2.40. The molecule has 2 unspecified atom stereocenters. The maximum absolute atomic E-state index is 11.2. The molecule has 0 spiro atoms. The molecular formula is C14H22N2O2. The predicted octanol–water partition coefficient (Wildman–Crippen LogP) is 2.07. The first-order chi connectivity index (χ1) is 8.62. The molecule has 18 heavy (non-hydrogen) atoms. The molecule has 1 aromatic rings. The third-order valence-corrected chi connectivity index (χ3v) is 3.05. The average molecular weight is 250 g/mol. The lowest BCUT2D eigenvalue weighted by atomic mass is 10.0. The molecule has 0 aliphatic carbocycles. The number of carbonyl (C=O) groups excluding carboxylic acids is 1. The standard InChI is InChI=1S/C14H22N2O2/c1-4-12(15-3)14(18)10-6-8-11(9-7-10)16-13(17)5-2/h6-9,12,14-15,18H,4-5H2,1-3H3,(H,16,17). The topological polar surface area (TPSA) is 61.4 Å². The maximum atomic E-state index is 11.2. The molecule has 1 rings (SSSR count). The van der Waals surface area contributed by atoms with Crippen LogP contribution in [-0.2, 0) is 4.79 Å². The van der Waals surface area contributed by atoms with Gasteiger partial charge in [0.25, 0.3) is 0 Å². The Labute approximate surface area is 108 Å². The van der Waals surface area contributed by atoms with Crippen molar-refractivity contribution in [3.63, 3.8) is 0 Å². The van der Waals surface area contributed by atoms with E-state index in [0.29, 0.717) is 6.42 Å². The molecule has 0 saturated heterocycles. The molecule has 0 aromatic heterocycles. The molecule has 1 amide bonds. The first kappa shape index (κ1) is 14.7. The summed E-state index contributed by atoms with van der Waals surface area (Å²) < 4.78 is 0. The van der Waals surface area contributed by atoms with Crippen LogP contribution in [0.25, 0.3) is 0 Å². The lowest BCUT2D eigenvalue weighted by Crippen LogP contribution is -2.31. The molecule has 1 aromatic carbocycles. The summed E-state index contributed by atoms with van der Waals surface area (Å²) in [6.07, 6.45) is 0.782. The van der Waals surface area contributed by atoms with Gasteiger partial charge in [-0.1, -0.05) is 26.0 Å². The van der Waals surface area contributed by atoms with E-state index >= 15 is 0 Å². The van der Waals surface area contributed by atoms with Crippen LogP contribution in [0.2, 0.25) is 0 Å². The van der Waals surface area contributed by atoms with Crippen LogP contribution in [-0.4, -0.2) is 24.1 Å². The van der Waals surface area contributed by atoms with Gasteiger partial charge in [-0.25, -0.2) is 0 Å². The first-order valence-electron chi connectivity index (χ1n) is 6.37. The van der Waals surface area contributed by atoms with E-state index in [1.807, 2.05) is 45.2 Å². The molecule has 0 aliphatic rings. The lowest BCUT2D eigenvalue weighted by molar-refractivity contribution is -0.115. The summed E-state index contributed by atoms with van der Waals surface area (Å²) in [7, 11) is 1.84. The molecule has 0 heterocycles. The van der Waals surface area contributed by atoms with Crippen molar-refractivity contribution in [1.29, 1.82) is 0 Å². The number of aliphatic hydroxyl groups excluding tert-OH is 1. The molecule has 4 nitrogen and oxygen atoms in total. The minimum Gasteiger partial charge on any atom is -0.387 e. The molecule has 4 heteroatoms. The van der Waals surface area contributed by atoms with Gasteiger partial charge in [-0.2, -0.15) is 0 Å².